The molecule has 1 aromatic heterocycles. The highest BCUT2D eigenvalue weighted by atomic mass is 16.5. The molecule has 1 aliphatic carbocycles. The molecule has 1 saturated carbocycles. The molecule has 0 aliphatic heterocycles. The lowest BCUT2D eigenvalue weighted by atomic mass is 9.75. The highest BCUT2D eigenvalue weighted by Crippen LogP contribution is 2.36. The van der Waals surface area contributed by atoms with Gasteiger partial charge in [0.2, 0.25) is 0 Å². The average Bonchev–Trinajstić information content (AvgIpc) is 2.60. The average molecular weight is 222 g/mol. The maximum Gasteiger partial charge on any atom is 0.164 e. The van der Waals surface area contributed by atoms with Crippen LogP contribution in [0, 0.1) is 0 Å². The smallest absolute Gasteiger partial charge is 0.164 e. The number of carbonyl (C=O) groups excluding carboxylic acids is 1. The number of ether oxygens (including phenoxy) is 1. The standard InChI is InChI=1S/C12H18N2O2/c1-14-9-10(8-13-14)4-5-11(15)12(16-2)6-3-7-12/h8-9H,3-7H2,1-2H3. The first kappa shape index (κ1) is 11.3. The summed E-state index contributed by atoms with van der Waals surface area (Å²) < 4.78 is 7.12. The number of methoxy groups -OCH3 is 1. The highest BCUT2D eigenvalue weighted by molar-refractivity contribution is 5.88. The fourth-order valence-corrected chi connectivity index (χ4v) is 2.18. The predicted molar refractivity (Wildman–Crippen MR) is 60.1 cm³/mol. The summed E-state index contributed by atoms with van der Waals surface area (Å²) in [5.74, 6) is 0.241. The van der Waals surface area contributed by atoms with E-state index in [1.807, 2.05) is 19.4 Å². The molecule has 1 fully saturated rings. The number of nitrogens with zero attached hydrogens (tertiary/aromatic N) is 2. The highest BCUT2D eigenvalue weighted by Gasteiger charge is 2.43. The molecule has 0 aromatic carbocycles. The lowest BCUT2D eigenvalue weighted by Gasteiger charge is -2.38. The second kappa shape index (κ2) is 4.37. The Kier molecular flexibility index (Phi) is 3.10. The molecule has 0 amide bonds. The van der Waals surface area contributed by atoms with Gasteiger partial charge in [-0.1, -0.05) is 0 Å². The number of rotatable bonds is 5. The van der Waals surface area contributed by atoms with Gasteiger partial charge in [-0.15, -0.1) is 0 Å². The van der Waals surface area contributed by atoms with E-state index in [0.717, 1.165) is 31.2 Å². The maximum atomic E-state index is 12.0. The Morgan fingerprint density at radius 2 is 2.38 bits per heavy atom. The molecule has 1 aliphatic rings. The molecule has 0 unspecified atom stereocenters. The summed E-state index contributed by atoms with van der Waals surface area (Å²) >= 11 is 0. The van der Waals surface area contributed by atoms with Crippen LogP contribution in [0.1, 0.15) is 31.2 Å². The summed E-state index contributed by atoms with van der Waals surface area (Å²) in [5, 5.41) is 4.09. The molecule has 0 N–H and O–H groups in total. The molecular weight excluding hydrogens is 204 g/mol. The van der Waals surface area contributed by atoms with E-state index in [9.17, 15) is 4.79 Å². The molecule has 0 spiro atoms. The molecule has 0 radical (unpaired) electrons. The second-order valence-corrected chi connectivity index (χ2v) is 4.50. The molecule has 88 valence electrons. The minimum atomic E-state index is -0.456. The third-order valence-corrected chi connectivity index (χ3v) is 3.46. The van der Waals surface area contributed by atoms with Gasteiger partial charge in [0, 0.05) is 26.8 Å². The van der Waals surface area contributed by atoms with Crippen LogP contribution in [-0.2, 0) is 23.0 Å². The van der Waals surface area contributed by atoms with Crippen LogP contribution in [0.3, 0.4) is 0 Å². The zero-order valence-electron chi connectivity index (χ0n) is 9.90. The second-order valence-electron chi connectivity index (χ2n) is 4.50. The van der Waals surface area contributed by atoms with Gasteiger partial charge < -0.3 is 4.74 Å². The largest absolute Gasteiger partial charge is 0.370 e. The summed E-state index contributed by atoms with van der Waals surface area (Å²) in [6.07, 6.45) is 7.95. The minimum absolute atomic E-state index is 0.241. The van der Waals surface area contributed by atoms with Crippen molar-refractivity contribution in [3.63, 3.8) is 0 Å². The molecule has 16 heavy (non-hydrogen) atoms. The molecule has 2 rings (SSSR count). The summed E-state index contributed by atoms with van der Waals surface area (Å²) in [6, 6.07) is 0. The normalized spacial score (nSPS) is 18.1. The summed E-state index contributed by atoms with van der Waals surface area (Å²) in [7, 11) is 3.52. The number of hydrogen-bond donors (Lipinski definition) is 0. The Balaban J connectivity index is 1.88. The van der Waals surface area contributed by atoms with E-state index in [-0.39, 0.29) is 5.78 Å². The maximum absolute atomic E-state index is 12.0. The van der Waals surface area contributed by atoms with Gasteiger partial charge >= 0.3 is 0 Å². The van der Waals surface area contributed by atoms with E-state index in [0.29, 0.717) is 6.42 Å². The van der Waals surface area contributed by atoms with Crippen LogP contribution < -0.4 is 0 Å². The Morgan fingerprint density at radius 1 is 1.62 bits per heavy atom. The van der Waals surface area contributed by atoms with Crippen molar-refractivity contribution in [2.24, 2.45) is 7.05 Å². The van der Waals surface area contributed by atoms with Crippen LogP contribution in [0.15, 0.2) is 12.4 Å². The molecular formula is C12H18N2O2. The molecule has 1 aromatic rings. The molecule has 4 nitrogen and oxygen atoms in total. The van der Waals surface area contributed by atoms with Gasteiger partial charge in [-0.25, -0.2) is 0 Å². The van der Waals surface area contributed by atoms with E-state index < -0.39 is 5.60 Å². The lowest BCUT2D eigenvalue weighted by Crippen LogP contribution is -2.47. The van der Waals surface area contributed by atoms with Crippen LogP contribution in [0.2, 0.25) is 0 Å². The van der Waals surface area contributed by atoms with E-state index in [2.05, 4.69) is 5.10 Å². The van der Waals surface area contributed by atoms with Gasteiger partial charge in [0.1, 0.15) is 5.60 Å². The van der Waals surface area contributed by atoms with E-state index in [1.165, 1.54) is 0 Å². The molecule has 4 heteroatoms. The number of hydrogen-bond acceptors (Lipinski definition) is 3. The van der Waals surface area contributed by atoms with Crippen LogP contribution in [0.25, 0.3) is 0 Å². The number of carbonyl (C=O) groups is 1. The number of aromatic nitrogens is 2. The summed E-state index contributed by atoms with van der Waals surface area (Å²) in [6.45, 7) is 0. The van der Waals surface area contributed by atoms with Gasteiger partial charge in [-0.05, 0) is 31.2 Å². The predicted octanol–water partition coefficient (Wildman–Crippen LogP) is 1.49. The Hall–Kier alpha value is -1.16. The fraction of sp³-hybridized carbons (Fsp3) is 0.667. The van der Waals surface area contributed by atoms with Crippen molar-refractivity contribution in [1.82, 2.24) is 9.78 Å². The zero-order valence-corrected chi connectivity index (χ0v) is 9.90. The van der Waals surface area contributed by atoms with Crippen molar-refractivity contribution in [2.75, 3.05) is 7.11 Å². The molecule has 1 heterocycles. The van der Waals surface area contributed by atoms with Gasteiger partial charge in [-0.2, -0.15) is 5.10 Å². The van der Waals surface area contributed by atoms with Crippen LogP contribution in [0.5, 0.6) is 0 Å². The van der Waals surface area contributed by atoms with Crippen molar-refractivity contribution in [3.05, 3.63) is 18.0 Å². The summed E-state index contributed by atoms with van der Waals surface area (Å²) in [4.78, 5) is 12.0. The third-order valence-electron chi connectivity index (χ3n) is 3.46. The fourth-order valence-electron chi connectivity index (χ4n) is 2.18. The number of ketones is 1. The van der Waals surface area contributed by atoms with Crippen molar-refractivity contribution < 1.29 is 9.53 Å². The van der Waals surface area contributed by atoms with Crippen LogP contribution in [-0.4, -0.2) is 28.3 Å². The third kappa shape index (κ3) is 2.02. The van der Waals surface area contributed by atoms with Crippen molar-refractivity contribution >= 4 is 5.78 Å². The zero-order chi connectivity index (χ0) is 11.6. The van der Waals surface area contributed by atoms with Gasteiger partial charge in [-0.3, -0.25) is 9.48 Å². The van der Waals surface area contributed by atoms with Gasteiger partial charge in [0.05, 0.1) is 6.20 Å². The Morgan fingerprint density at radius 3 is 2.81 bits per heavy atom. The molecule has 0 atom stereocenters. The SMILES string of the molecule is COC1(C(=O)CCc2cnn(C)c2)CCC1. The first-order valence-corrected chi connectivity index (χ1v) is 5.72. The van der Waals surface area contributed by atoms with E-state index >= 15 is 0 Å². The number of aryl methyl sites for hydroxylation is 2. The van der Waals surface area contributed by atoms with Crippen molar-refractivity contribution in [2.45, 2.75) is 37.7 Å². The monoisotopic (exact) mass is 222 g/mol. The van der Waals surface area contributed by atoms with Gasteiger partial charge in [0.25, 0.3) is 0 Å². The van der Waals surface area contributed by atoms with Crippen LogP contribution in [0.4, 0.5) is 0 Å². The van der Waals surface area contributed by atoms with Gasteiger partial charge in [0.15, 0.2) is 5.78 Å². The van der Waals surface area contributed by atoms with Crippen molar-refractivity contribution in [1.29, 1.82) is 0 Å². The van der Waals surface area contributed by atoms with E-state index in [4.69, 9.17) is 4.74 Å². The number of Topliss-reactive ketones (excluding diaryl/α,β-unsaturated/α-hetero) is 1. The Labute approximate surface area is 95.6 Å². The Bertz CT molecular complexity index is 375. The first-order valence-electron chi connectivity index (χ1n) is 5.72. The van der Waals surface area contributed by atoms with E-state index in [1.54, 1.807) is 11.8 Å². The summed E-state index contributed by atoms with van der Waals surface area (Å²) in [5.41, 5.74) is 0.656. The quantitative estimate of drug-likeness (QED) is 0.758. The topological polar surface area (TPSA) is 44.1 Å². The lowest BCUT2D eigenvalue weighted by molar-refractivity contribution is -0.151. The van der Waals surface area contributed by atoms with Crippen molar-refractivity contribution in [3.8, 4) is 0 Å². The molecule has 0 bridgehead atoms. The minimum Gasteiger partial charge on any atom is -0.370 e. The van der Waals surface area contributed by atoms with Crippen LogP contribution >= 0.6 is 0 Å². The first-order chi connectivity index (χ1) is 7.66. The molecule has 0 saturated heterocycles.